The van der Waals surface area contributed by atoms with Gasteiger partial charge in [0.2, 0.25) is 0 Å². The van der Waals surface area contributed by atoms with E-state index in [9.17, 15) is 4.79 Å². The number of thioether (sulfide) groups is 2. The molecule has 35 heavy (non-hydrogen) atoms. The average molecular weight is 495 g/mol. The molecule has 2 aliphatic heterocycles. The van der Waals surface area contributed by atoms with Gasteiger partial charge in [0, 0.05) is 28.4 Å². The van der Waals surface area contributed by atoms with Crippen molar-refractivity contribution in [2.75, 3.05) is 18.5 Å². The molecule has 0 N–H and O–H groups in total. The van der Waals surface area contributed by atoms with E-state index < -0.39 is 0 Å². The number of pyridine rings is 1. The number of hydrogen-bond acceptors (Lipinski definition) is 6. The number of hydrogen-bond donors (Lipinski definition) is 0. The Hall–Kier alpha value is -3.55. The van der Waals surface area contributed by atoms with E-state index in [-0.39, 0.29) is 5.91 Å². The van der Waals surface area contributed by atoms with Gasteiger partial charge in [0.05, 0.1) is 34.9 Å². The lowest BCUT2D eigenvalue weighted by Gasteiger charge is -2.29. The van der Waals surface area contributed by atoms with Gasteiger partial charge in [-0.2, -0.15) is 0 Å². The average Bonchev–Trinajstić information content (AvgIpc) is 3.19. The Morgan fingerprint density at radius 2 is 1.71 bits per heavy atom. The summed E-state index contributed by atoms with van der Waals surface area (Å²) >= 11 is 3.15. The maximum atomic E-state index is 13.8. The minimum Gasteiger partial charge on any atom is -0.369 e. The fraction of sp³-hybridized carbons (Fsp3) is 0.107. The minimum absolute atomic E-state index is 0.00100. The van der Waals surface area contributed by atoms with Crippen LogP contribution in [0.4, 0.5) is 11.4 Å². The number of anilines is 1. The number of carbonyl (C=O) groups excluding carboxylic acids is 1. The quantitative estimate of drug-likeness (QED) is 0.306. The predicted molar refractivity (Wildman–Crippen MR) is 146 cm³/mol. The predicted octanol–water partition coefficient (Wildman–Crippen LogP) is 6.45. The van der Waals surface area contributed by atoms with Crippen molar-refractivity contribution in [3.63, 3.8) is 0 Å². The maximum Gasteiger partial charge on any atom is 0.267 e. The number of aliphatic imine (C=N–C) groups is 1. The summed E-state index contributed by atoms with van der Waals surface area (Å²) in [5, 5.41) is 1.71. The minimum atomic E-state index is 0.00100. The number of para-hydroxylation sites is 2. The molecule has 5 nitrogen and oxygen atoms in total. The highest BCUT2D eigenvalue weighted by molar-refractivity contribution is 8.19. The largest absolute Gasteiger partial charge is 0.369 e. The number of benzene rings is 3. The molecule has 0 radical (unpaired) electrons. The normalized spacial score (nSPS) is 19.0. The molecule has 172 valence electrons. The highest BCUT2D eigenvalue weighted by Crippen LogP contribution is 2.46. The molecule has 4 aromatic rings. The third-order valence-electron chi connectivity index (χ3n) is 6.02. The van der Waals surface area contributed by atoms with E-state index in [1.807, 2.05) is 72.8 Å². The van der Waals surface area contributed by atoms with Gasteiger partial charge in [-0.25, -0.2) is 4.99 Å². The van der Waals surface area contributed by atoms with Crippen molar-refractivity contribution in [1.82, 2.24) is 9.88 Å². The van der Waals surface area contributed by atoms with Gasteiger partial charge < -0.3 is 4.90 Å². The van der Waals surface area contributed by atoms with E-state index in [1.165, 1.54) is 17.4 Å². The first-order valence-electron chi connectivity index (χ1n) is 11.3. The SMILES string of the molecule is CN1C/C(=C2/SC(=Nc3cccc4cccnc34)N(Cc3ccccc3)C2=O)Sc2ccccc21. The number of fused-ring (bicyclic) bond motifs is 2. The number of aromatic nitrogens is 1. The van der Waals surface area contributed by atoms with Crippen molar-refractivity contribution in [3.8, 4) is 0 Å². The van der Waals surface area contributed by atoms with Crippen LogP contribution < -0.4 is 4.90 Å². The number of amidine groups is 1. The molecule has 1 amide bonds. The van der Waals surface area contributed by atoms with E-state index in [1.54, 1.807) is 22.9 Å². The lowest BCUT2D eigenvalue weighted by Crippen LogP contribution is -2.29. The molecule has 0 bridgehead atoms. The van der Waals surface area contributed by atoms with E-state index in [2.05, 4.69) is 29.1 Å². The highest BCUT2D eigenvalue weighted by Gasteiger charge is 2.37. The number of nitrogens with zero attached hydrogens (tertiary/aromatic N) is 4. The molecule has 0 unspecified atom stereocenters. The summed E-state index contributed by atoms with van der Waals surface area (Å²) in [5.41, 5.74) is 3.85. The molecular formula is C28H22N4OS2. The van der Waals surface area contributed by atoms with E-state index in [0.717, 1.165) is 36.9 Å². The zero-order valence-electron chi connectivity index (χ0n) is 19.1. The zero-order chi connectivity index (χ0) is 23.8. The highest BCUT2D eigenvalue weighted by atomic mass is 32.2. The Morgan fingerprint density at radius 3 is 2.60 bits per heavy atom. The molecule has 2 aliphatic rings. The molecule has 0 aliphatic carbocycles. The summed E-state index contributed by atoms with van der Waals surface area (Å²) in [6.07, 6.45) is 1.78. The molecule has 0 saturated carbocycles. The Morgan fingerprint density at radius 1 is 0.914 bits per heavy atom. The van der Waals surface area contributed by atoms with Crippen molar-refractivity contribution >= 4 is 56.9 Å². The van der Waals surface area contributed by atoms with Crippen LogP contribution in [0.3, 0.4) is 0 Å². The van der Waals surface area contributed by atoms with Crippen LogP contribution in [-0.2, 0) is 11.3 Å². The second-order valence-corrected chi connectivity index (χ2v) is 10.5. The first-order valence-corrected chi connectivity index (χ1v) is 13.0. The summed E-state index contributed by atoms with van der Waals surface area (Å²) in [7, 11) is 2.07. The first kappa shape index (κ1) is 21.9. The first-order chi connectivity index (χ1) is 17.2. The molecule has 3 heterocycles. The van der Waals surface area contributed by atoms with Gasteiger partial charge in [0.1, 0.15) is 0 Å². The Bertz CT molecular complexity index is 1490. The van der Waals surface area contributed by atoms with Crippen molar-refractivity contribution < 1.29 is 4.79 Å². The summed E-state index contributed by atoms with van der Waals surface area (Å²) in [4.78, 5) is 30.3. The molecule has 1 aromatic heterocycles. The molecule has 1 saturated heterocycles. The molecule has 3 aromatic carbocycles. The Labute approximate surface area is 212 Å². The number of rotatable bonds is 3. The van der Waals surface area contributed by atoms with Gasteiger partial charge in [0.15, 0.2) is 5.17 Å². The summed E-state index contributed by atoms with van der Waals surface area (Å²) in [5.74, 6) is 0.00100. The third-order valence-corrected chi connectivity index (χ3v) is 8.41. The van der Waals surface area contributed by atoms with E-state index in [4.69, 9.17) is 4.99 Å². The number of amides is 1. The number of likely N-dealkylation sites (N-methyl/N-ethyl adjacent to an activating group) is 1. The lowest BCUT2D eigenvalue weighted by atomic mass is 10.2. The lowest BCUT2D eigenvalue weighted by molar-refractivity contribution is -0.122. The van der Waals surface area contributed by atoms with Gasteiger partial charge in [-0.05, 0) is 41.6 Å². The Kier molecular flexibility index (Phi) is 5.80. The second-order valence-electron chi connectivity index (χ2n) is 8.40. The standard InChI is InChI=1S/C28H22N4OS2/c1-31-18-24(34-23-15-6-5-14-22(23)31)26-27(33)32(17-19-9-3-2-4-10-19)28(35-26)30-21-13-7-11-20-12-8-16-29-25(20)21/h2-16H,17-18H2,1H3/b26-24-,30-28?. The van der Waals surface area contributed by atoms with Crippen LogP contribution in [0.25, 0.3) is 10.9 Å². The van der Waals surface area contributed by atoms with Gasteiger partial charge in [-0.1, -0.05) is 72.4 Å². The van der Waals surface area contributed by atoms with Gasteiger partial charge in [-0.15, -0.1) is 0 Å². The van der Waals surface area contributed by atoms with Crippen LogP contribution in [-0.4, -0.2) is 34.6 Å². The topological polar surface area (TPSA) is 48.8 Å². The van der Waals surface area contributed by atoms with E-state index in [0.29, 0.717) is 18.3 Å². The molecule has 1 fully saturated rings. The van der Waals surface area contributed by atoms with Crippen LogP contribution in [0.1, 0.15) is 5.56 Å². The van der Waals surface area contributed by atoms with Gasteiger partial charge in [-0.3, -0.25) is 14.7 Å². The summed E-state index contributed by atoms with van der Waals surface area (Å²) in [6, 6.07) is 28.3. The van der Waals surface area contributed by atoms with Crippen LogP contribution in [0.2, 0.25) is 0 Å². The number of carbonyl (C=O) groups is 1. The summed E-state index contributed by atoms with van der Waals surface area (Å²) < 4.78 is 0. The molecule has 7 heteroatoms. The Balaban J connectivity index is 1.44. The fourth-order valence-corrected chi connectivity index (χ4v) is 6.68. The summed E-state index contributed by atoms with van der Waals surface area (Å²) in [6.45, 7) is 1.16. The maximum absolute atomic E-state index is 13.8. The van der Waals surface area contributed by atoms with Crippen molar-refractivity contribution in [1.29, 1.82) is 0 Å². The van der Waals surface area contributed by atoms with Crippen LogP contribution in [0.5, 0.6) is 0 Å². The molecule has 0 spiro atoms. The third kappa shape index (κ3) is 4.22. The van der Waals surface area contributed by atoms with E-state index >= 15 is 0 Å². The molecule has 0 atom stereocenters. The van der Waals surface area contributed by atoms with Crippen molar-refractivity contribution in [3.05, 3.63) is 106 Å². The van der Waals surface area contributed by atoms with Crippen LogP contribution in [0, 0.1) is 0 Å². The second kappa shape index (κ2) is 9.24. The zero-order valence-corrected chi connectivity index (χ0v) is 20.7. The van der Waals surface area contributed by atoms with Gasteiger partial charge >= 0.3 is 0 Å². The molecule has 6 rings (SSSR count). The van der Waals surface area contributed by atoms with Crippen molar-refractivity contribution in [2.45, 2.75) is 11.4 Å². The fourth-order valence-electron chi connectivity index (χ4n) is 4.29. The van der Waals surface area contributed by atoms with Gasteiger partial charge in [0.25, 0.3) is 5.91 Å². The van der Waals surface area contributed by atoms with Crippen LogP contribution in [0.15, 0.2) is 111 Å². The monoisotopic (exact) mass is 494 g/mol. The molecular weight excluding hydrogens is 472 g/mol. The van der Waals surface area contributed by atoms with Crippen LogP contribution >= 0.6 is 23.5 Å². The van der Waals surface area contributed by atoms with Crippen molar-refractivity contribution in [2.24, 2.45) is 4.99 Å². The smallest absolute Gasteiger partial charge is 0.267 e.